The predicted molar refractivity (Wildman–Crippen MR) is 60.6 cm³/mol. The molecule has 0 nitrogen and oxygen atoms in total. The summed E-state index contributed by atoms with van der Waals surface area (Å²) in [4.78, 5) is 0. The van der Waals surface area contributed by atoms with E-state index in [4.69, 9.17) is 0 Å². The monoisotopic (exact) mass is 292 g/mol. The van der Waals surface area contributed by atoms with Crippen LogP contribution in [0.4, 0.5) is 0 Å². The highest BCUT2D eigenvalue weighted by molar-refractivity contribution is 9.28. The third-order valence-corrected chi connectivity index (χ3v) is 2.54. The fourth-order valence-corrected chi connectivity index (χ4v) is 2.27. The van der Waals surface area contributed by atoms with E-state index in [1.54, 1.807) is 0 Å². The second-order valence-corrected chi connectivity index (χ2v) is 6.54. The summed E-state index contributed by atoms with van der Waals surface area (Å²) in [5, 5.41) is 0. The van der Waals surface area contributed by atoms with E-state index >= 15 is 0 Å². The highest BCUT2D eigenvalue weighted by atomic mass is 79.9. The van der Waals surface area contributed by atoms with Crippen LogP contribution in [-0.2, 0) is 0 Å². The second kappa shape index (κ2) is 4.64. The van der Waals surface area contributed by atoms with Gasteiger partial charge >= 0.3 is 0 Å². The first kappa shape index (κ1) is 10.6. The molecule has 1 fully saturated rings. The number of halogens is 2. The zero-order valence-corrected chi connectivity index (χ0v) is 10.7. The first-order valence-corrected chi connectivity index (χ1v) is 5.96. The summed E-state index contributed by atoms with van der Waals surface area (Å²) in [6, 6.07) is 0. The van der Waals surface area contributed by atoms with E-state index in [0.29, 0.717) is 0 Å². The normalized spacial score (nSPS) is 22.1. The van der Waals surface area contributed by atoms with Gasteiger partial charge in [-0.3, -0.25) is 0 Å². The van der Waals surface area contributed by atoms with Crippen LogP contribution in [0.2, 0.25) is 0 Å². The fraction of sp³-hybridized carbons (Fsp3) is 0.700. The van der Waals surface area contributed by atoms with E-state index in [1.807, 2.05) is 0 Å². The van der Waals surface area contributed by atoms with Crippen molar-refractivity contribution in [1.82, 2.24) is 0 Å². The molecule has 0 aromatic rings. The third-order valence-electron chi connectivity index (χ3n) is 2.15. The molecule has 1 saturated carbocycles. The molecule has 0 radical (unpaired) electrons. The Morgan fingerprint density at radius 2 is 2.08 bits per heavy atom. The van der Waals surface area contributed by atoms with Crippen molar-refractivity contribution in [3.63, 3.8) is 0 Å². The first-order chi connectivity index (χ1) is 5.58. The molecule has 0 aromatic carbocycles. The standard InChI is InChI=1S/C10H14Br2/c1-7(2)3-8-4-9(5-8)6-10(11)12/h7-8H,3-5H2,1-2H3. The van der Waals surface area contributed by atoms with Gasteiger partial charge in [-0.1, -0.05) is 19.6 Å². The molecule has 68 valence electrons. The topological polar surface area (TPSA) is 0 Å². The Bertz CT molecular complexity index is 210. The Morgan fingerprint density at radius 3 is 2.50 bits per heavy atom. The van der Waals surface area contributed by atoms with Crippen molar-refractivity contribution in [2.75, 3.05) is 0 Å². The minimum Gasteiger partial charge on any atom is -0.0987 e. The van der Waals surface area contributed by atoms with Crippen molar-refractivity contribution in [2.45, 2.75) is 33.1 Å². The molecule has 1 aliphatic rings. The van der Waals surface area contributed by atoms with Gasteiger partial charge in [0.1, 0.15) is 3.39 Å². The Hall–Kier alpha value is 0.480. The number of hydrogen-bond acceptors (Lipinski definition) is 0. The molecule has 0 bridgehead atoms. The molecule has 0 heterocycles. The van der Waals surface area contributed by atoms with Gasteiger partial charge in [0.15, 0.2) is 0 Å². The van der Waals surface area contributed by atoms with Crippen LogP contribution in [0.3, 0.4) is 0 Å². The van der Waals surface area contributed by atoms with Crippen LogP contribution in [0.25, 0.3) is 0 Å². The maximum atomic E-state index is 3.32. The Balaban J connectivity index is 2.34. The molecule has 0 aromatic heterocycles. The van der Waals surface area contributed by atoms with Crippen molar-refractivity contribution >= 4 is 31.9 Å². The number of rotatable bonds is 2. The molecule has 0 saturated heterocycles. The lowest BCUT2D eigenvalue weighted by Gasteiger charge is -2.29. The van der Waals surface area contributed by atoms with Crippen LogP contribution < -0.4 is 0 Å². The Morgan fingerprint density at radius 1 is 1.50 bits per heavy atom. The van der Waals surface area contributed by atoms with E-state index in [-0.39, 0.29) is 0 Å². The summed E-state index contributed by atoms with van der Waals surface area (Å²) in [6.07, 6.45) is 3.86. The Kier molecular flexibility index (Phi) is 4.09. The van der Waals surface area contributed by atoms with Crippen molar-refractivity contribution in [2.24, 2.45) is 11.8 Å². The number of hydrogen-bond donors (Lipinski definition) is 0. The van der Waals surface area contributed by atoms with Gasteiger partial charge < -0.3 is 0 Å². The van der Waals surface area contributed by atoms with Crippen molar-refractivity contribution in [3.8, 4) is 0 Å². The van der Waals surface area contributed by atoms with E-state index in [1.165, 1.54) is 24.8 Å². The lowest BCUT2D eigenvalue weighted by atomic mass is 9.76. The minimum absolute atomic E-state index is 0.841. The van der Waals surface area contributed by atoms with E-state index in [2.05, 4.69) is 51.4 Å². The van der Waals surface area contributed by atoms with Gasteiger partial charge in [0.25, 0.3) is 0 Å². The van der Waals surface area contributed by atoms with Crippen LogP contribution >= 0.6 is 31.9 Å². The first-order valence-electron chi connectivity index (χ1n) is 4.37. The molecule has 2 heteroatoms. The zero-order chi connectivity index (χ0) is 9.14. The summed E-state index contributed by atoms with van der Waals surface area (Å²) in [7, 11) is 0. The quantitative estimate of drug-likeness (QED) is 0.653. The summed E-state index contributed by atoms with van der Waals surface area (Å²) < 4.78 is 0.952. The average molecular weight is 294 g/mol. The Labute approximate surface area is 91.4 Å². The minimum atomic E-state index is 0.841. The molecule has 0 spiro atoms. The molecule has 0 aliphatic heterocycles. The predicted octanol–water partition coefficient (Wildman–Crippen LogP) is 4.60. The summed E-state index contributed by atoms with van der Waals surface area (Å²) in [5.74, 6) is 1.76. The summed E-state index contributed by atoms with van der Waals surface area (Å²) in [6.45, 7) is 4.58. The molecule has 0 atom stereocenters. The van der Waals surface area contributed by atoms with Gasteiger partial charge in [0, 0.05) is 0 Å². The van der Waals surface area contributed by atoms with Gasteiger partial charge in [0.2, 0.25) is 0 Å². The molecular weight excluding hydrogens is 280 g/mol. The molecular formula is C10H14Br2. The molecule has 12 heavy (non-hydrogen) atoms. The summed E-state index contributed by atoms with van der Waals surface area (Å²) >= 11 is 6.64. The van der Waals surface area contributed by atoms with Gasteiger partial charge in [0.05, 0.1) is 0 Å². The van der Waals surface area contributed by atoms with Crippen LogP contribution in [0, 0.1) is 11.8 Å². The smallest absolute Gasteiger partial charge is 0.0987 e. The molecule has 0 unspecified atom stereocenters. The number of allylic oxidation sites excluding steroid dienone is 1. The molecule has 0 amide bonds. The highest BCUT2D eigenvalue weighted by Gasteiger charge is 2.23. The summed E-state index contributed by atoms with van der Waals surface area (Å²) in [5.41, 5.74) is 4.70. The lowest BCUT2D eigenvalue weighted by Crippen LogP contribution is -2.16. The van der Waals surface area contributed by atoms with Crippen molar-refractivity contribution < 1.29 is 0 Å². The van der Waals surface area contributed by atoms with E-state index < -0.39 is 0 Å². The van der Waals surface area contributed by atoms with Crippen molar-refractivity contribution in [3.05, 3.63) is 14.7 Å². The van der Waals surface area contributed by atoms with Crippen LogP contribution in [0.5, 0.6) is 0 Å². The third kappa shape index (κ3) is 3.47. The van der Waals surface area contributed by atoms with Gasteiger partial charge in [-0.25, -0.2) is 0 Å². The second-order valence-electron chi connectivity index (χ2n) is 3.89. The van der Waals surface area contributed by atoms with Crippen LogP contribution in [-0.4, -0.2) is 0 Å². The van der Waals surface area contributed by atoms with Crippen molar-refractivity contribution in [1.29, 1.82) is 0 Å². The van der Waals surface area contributed by atoms with Gasteiger partial charge in [-0.2, -0.15) is 0 Å². The molecule has 1 aliphatic carbocycles. The fourth-order valence-electron chi connectivity index (χ4n) is 1.71. The van der Waals surface area contributed by atoms with E-state index in [0.717, 1.165) is 15.2 Å². The van der Waals surface area contributed by atoms with Crippen LogP contribution in [0.15, 0.2) is 14.7 Å². The largest absolute Gasteiger partial charge is 0.102 e. The SMILES string of the molecule is CC(C)CC1CC(=C=C(Br)Br)C1. The maximum absolute atomic E-state index is 3.32. The van der Waals surface area contributed by atoms with Crippen LogP contribution in [0.1, 0.15) is 33.1 Å². The molecule has 0 N–H and O–H groups in total. The van der Waals surface area contributed by atoms with Gasteiger partial charge in [-0.05, 0) is 68.5 Å². The maximum Gasteiger partial charge on any atom is 0.102 e. The molecule has 1 rings (SSSR count). The zero-order valence-electron chi connectivity index (χ0n) is 7.53. The average Bonchev–Trinajstić information content (AvgIpc) is 1.80. The lowest BCUT2D eigenvalue weighted by molar-refractivity contribution is 0.339. The van der Waals surface area contributed by atoms with Gasteiger partial charge in [-0.15, -0.1) is 0 Å². The highest BCUT2D eigenvalue weighted by Crippen LogP contribution is 2.37. The van der Waals surface area contributed by atoms with E-state index in [9.17, 15) is 0 Å².